The number of hydrogen-bond donors (Lipinski definition) is 2. The van der Waals surface area contributed by atoms with E-state index in [2.05, 4.69) is 15.3 Å². The topological polar surface area (TPSA) is 67.3 Å². The molecule has 0 aliphatic carbocycles. The van der Waals surface area contributed by atoms with E-state index in [0.29, 0.717) is 37.6 Å². The molecule has 0 amide bonds. The second kappa shape index (κ2) is 5.83. The number of aromatic hydroxyl groups is 1. The quantitative estimate of drug-likeness (QED) is 0.853. The summed E-state index contributed by atoms with van der Waals surface area (Å²) in [6, 6.07) is 3.89. The minimum atomic E-state index is -0.488. The van der Waals surface area contributed by atoms with Gasteiger partial charge in [-0.15, -0.1) is 0 Å². The summed E-state index contributed by atoms with van der Waals surface area (Å²) in [5, 5.41) is 12.7. The molecule has 110 valence electrons. The van der Waals surface area contributed by atoms with Crippen LogP contribution in [0.4, 0.5) is 10.2 Å². The Labute approximate surface area is 125 Å². The van der Waals surface area contributed by atoms with Gasteiger partial charge >= 0.3 is 0 Å². The van der Waals surface area contributed by atoms with Gasteiger partial charge in [0, 0.05) is 24.6 Å². The maximum atomic E-state index is 13.2. The number of rotatable bonds is 3. The van der Waals surface area contributed by atoms with Crippen molar-refractivity contribution in [3.63, 3.8) is 0 Å². The number of hydrogen-bond acceptors (Lipinski definition) is 5. The average molecular weight is 310 g/mol. The minimum Gasteiger partial charge on any atom is -0.508 e. The van der Waals surface area contributed by atoms with Crippen LogP contribution in [0.3, 0.4) is 0 Å². The lowest BCUT2D eigenvalue weighted by molar-refractivity contribution is 0.109. The molecule has 2 heterocycles. The molecule has 1 aliphatic heterocycles. The summed E-state index contributed by atoms with van der Waals surface area (Å²) >= 11 is 5.91. The van der Waals surface area contributed by atoms with Crippen LogP contribution in [-0.2, 0) is 24.3 Å². The third-order valence-electron chi connectivity index (χ3n) is 3.20. The fourth-order valence-corrected chi connectivity index (χ4v) is 2.46. The van der Waals surface area contributed by atoms with Gasteiger partial charge in [-0.2, -0.15) is 0 Å². The lowest BCUT2D eigenvalue weighted by Crippen LogP contribution is -2.16. The number of benzene rings is 1. The van der Waals surface area contributed by atoms with Gasteiger partial charge in [0.2, 0.25) is 5.28 Å². The third kappa shape index (κ3) is 3.22. The van der Waals surface area contributed by atoms with Gasteiger partial charge in [0.15, 0.2) is 0 Å². The molecule has 0 saturated heterocycles. The molecule has 7 heteroatoms. The lowest BCUT2D eigenvalue weighted by atomic mass is 10.1. The summed E-state index contributed by atoms with van der Waals surface area (Å²) in [4.78, 5) is 8.35. The van der Waals surface area contributed by atoms with Crippen molar-refractivity contribution in [3.8, 4) is 5.75 Å². The summed E-state index contributed by atoms with van der Waals surface area (Å²) in [6.45, 7) is 1.34. The van der Waals surface area contributed by atoms with Gasteiger partial charge in [-0.1, -0.05) is 0 Å². The number of phenolic OH excluding ortho intramolecular Hbond substituents is 1. The fourth-order valence-electron chi connectivity index (χ4n) is 2.27. The number of halogens is 2. The zero-order valence-electron chi connectivity index (χ0n) is 11.1. The maximum Gasteiger partial charge on any atom is 0.224 e. The summed E-state index contributed by atoms with van der Waals surface area (Å²) in [7, 11) is 0. The number of anilines is 1. The fraction of sp³-hybridized carbons (Fsp3) is 0.286. The highest BCUT2D eigenvalue weighted by Crippen LogP contribution is 2.24. The van der Waals surface area contributed by atoms with Crippen LogP contribution >= 0.6 is 11.6 Å². The van der Waals surface area contributed by atoms with E-state index in [4.69, 9.17) is 16.3 Å². The lowest BCUT2D eigenvalue weighted by Gasteiger charge is -2.19. The van der Waals surface area contributed by atoms with Crippen molar-refractivity contribution in [2.75, 3.05) is 11.9 Å². The maximum absolute atomic E-state index is 13.2. The molecule has 1 aromatic heterocycles. The van der Waals surface area contributed by atoms with Gasteiger partial charge in [-0.3, -0.25) is 0 Å². The Kier molecular flexibility index (Phi) is 3.90. The first-order valence-electron chi connectivity index (χ1n) is 6.47. The second-order valence-corrected chi connectivity index (χ2v) is 5.08. The molecule has 0 saturated carbocycles. The first-order valence-corrected chi connectivity index (χ1v) is 6.85. The van der Waals surface area contributed by atoms with Crippen molar-refractivity contribution in [2.45, 2.75) is 19.6 Å². The van der Waals surface area contributed by atoms with Gasteiger partial charge in [0.1, 0.15) is 17.4 Å². The largest absolute Gasteiger partial charge is 0.508 e. The molecule has 21 heavy (non-hydrogen) atoms. The SMILES string of the molecule is Oc1cc(F)cc(CNc2nc(Cl)nc3c2COCC3)c1. The molecule has 0 spiro atoms. The molecule has 0 atom stereocenters. The Hall–Kier alpha value is -1.92. The summed E-state index contributed by atoms with van der Waals surface area (Å²) in [5.41, 5.74) is 2.34. The number of fused-ring (bicyclic) bond motifs is 1. The summed E-state index contributed by atoms with van der Waals surface area (Å²) in [6.07, 6.45) is 0.688. The van der Waals surface area contributed by atoms with Crippen LogP contribution in [-0.4, -0.2) is 21.7 Å². The first kappa shape index (κ1) is 14.0. The number of aromatic nitrogens is 2. The average Bonchev–Trinajstić information content (AvgIpc) is 2.43. The molecule has 0 bridgehead atoms. The van der Waals surface area contributed by atoms with Crippen LogP contribution in [0.5, 0.6) is 5.75 Å². The van der Waals surface area contributed by atoms with Crippen LogP contribution in [0.15, 0.2) is 18.2 Å². The van der Waals surface area contributed by atoms with Crippen molar-refractivity contribution in [1.29, 1.82) is 0 Å². The third-order valence-corrected chi connectivity index (χ3v) is 3.37. The highest BCUT2D eigenvalue weighted by atomic mass is 35.5. The number of nitrogens with zero attached hydrogens (tertiary/aromatic N) is 2. The predicted octanol–water partition coefficient (Wildman–Crippen LogP) is 2.66. The molecule has 3 rings (SSSR count). The molecule has 1 aliphatic rings. The van der Waals surface area contributed by atoms with Crippen molar-refractivity contribution in [1.82, 2.24) is 9.97 Å². The number of nitrogens with one attached hydrogen (secondary N) is 1. The monoisotopic (exact) mass is 309 g/mol. The van der Waals surface area contributed by atoms with Crippen molar-refractivity contribution in [3.05, 3.63) is 46.1 Å². The molecular formula is C14H13ClFN3O2. The van der Waals surface area contributed by atoms with Gasteiger partial charge in [-0.05, 0) is 29.3 Å². The molecule has 0 radical (unpaired) electrons. The van der Waals surface area contributed by atoms with E-state index in [-0.39, 0.29) is 11.0 Å². The summed E-state index contributed by atoms with van der Waals surface area (Å²) in [5.74, 6) is -0.0239. The highest BCUT2D eigenvalue weighted by molar-refractivity contribution is 6.28. The van der Waals surface area contributed by atoms with Crippen molar-refractivity contribution >= 4 is 17.4 Å². The van der Waals surface area contributed by atoms with E-state index < -0.39 is 5.82 Å². The van der Waals surface area contributed by atoms with Crippen LogP contribution < -0.4 is 5.32 Å². The molecular weight excluding hydrogens is 297 g/mol. The van der Waals surface area contributed by atoms with Gasteiger partial charge in [0.25, 0.3) is 0 Å². The zero-order valence-corrected chi connectivity index (χ0v) is 11.8. The molecule has 5 nitrogen and oxygen atoms in total. The van der Waals surface area contributed by atoms with Gasteiger partial charge in [-0.25, -0.2) is 14.4 Å². The molecule has 0 fully saturated rings. The Morgan fingerprint density at radius 3 is 3.00 bits per heavy atom. The van der Waals surface area contributed by atoms with Crippen molar-refractivity contribution in [2.24, 2.45) is 0 Å². The number of phenols is 1. The highest BCUT2D eigenvalue weighted by Gasteiger charge is 2.17. The standard InChI is InChI=1S/C14H13ClFN3O2/c15-14-18-12-1-2-21-7-11(12)13(19-14)17-6-8-3-9(16)5-10(20)4-8/h3-5,20H,1-2,6-7H2,(H,17,18,19). The molecule has 2 N–H and O–H groups in total. The van der Waals surface area contributed by atoms with Crippen molar-refractivity contribution < 1.29 is 14.2 Å². The Bertz CT molecular complexity index is 661. The Morgan fingerprint density at radius 2 is 2.19 bits per heavy atom. The normalized spacial score (nSPS) is 13.8. The van der Waals surface area contributed by atoms with E-state index in [9.17, 15) is 9.50 Å². The Balaban J connectivity index is 1.83. The van der Waals surface area contributed by atoms with E-state index in [1.54, 1.807) is 0 Å². The van der Waals surface area contributed by atoms with E-state index in [1.165, 1.54) is 12.1 Å². The molecule has 2 aromatic rings. The smallest absolute Gasteiger partial charge is 0.224 e. The van der Waals surface area contributed by atoms with Crippen LogP contribution in [0.1, 0.15) is 16.8 Å². The Morgan fingerprint density at radius 1 is 1.33 bits per heavy atom. The predicted molar refractivity (Wildman–Crippen MR) is 75.8 cm³/mol. The van der Waals surface area contributed by atoms with Gasteiger partial charge < -0.3 is 15.2 Å². The second-order valence-electron chi connectivity index (χ2n) is 4.74. The van der Waals surface area contributed by atoms with Crippen LogP contribution in [0.25, 0.3) is 0 Å². The molecule has 1 aromatic carbocycles. The zero-order chi connectivity index (χ0) is 14.8. The minimum absolute atomic E-state index is 0.113. The van der Waals surface area contributed by atoms with E-state index in [1.807, 2.05) is 0 Å². The summed E-state index contributed by atoms with van der Waals surface area (Å²) < 4.78 is 18.6. The number of ether oxygens (including phenoxy) is 1. The van der Waals surface area contributed by atoms with Crippen LogP contribution in [0.2, 0.25) is 5.28 Å². The van der Waals surface area contributed by atoms with E-state index >= 15 is 0 Å². The first-order chi connectivity index (χ1) is 10.1. The van der Waals surface area contributed by atoms with Crippen LogP contribution in [0, 0.1) is 5.82 Å². The van der Waals surface area contributed by atoms with E-state index in [0.717, 1.165) is 17.3 Å². The molecule has 0 unspecified atom stereocenters. The van der Waals surface area contributed by atoms with Gasteiger partial charge in [0.05, 0.1) is 18.9 Å².